The molecule has 4 rings (SSSR count). The number of aromatic nitrogens is 1. The second-order valence-electron chi connectivity index (χ2n) is 8.57. The van der Waals surface area contributed by atoms with Crippen molar-refractivity contribution in [2.24, 2.45) is 0 Å². The number of fused-ring (bicyclic) bond motifs is 1. The third-order valence-electron chi connectivity index (χ3n) is 6.26. The molecule has 0 aliphatic carbocycles. The number of hydrogen-bond donors (Lipinski definition) is 1. The number of aryl methyl sites for hydroxylation is 2. The van der Waals surface area contributed by atoms with Gasteiger partial charge in [0, 0.05) is 22.9 Å². The van der Waals surface area contributed by atoms with E-state index in [9.17, 15) is 31.4 Å². The van der Waals surface area contributed by atoms with E-state index in [-0.39, 0.29) is 24.6 Å². The summed E-state index contributed by atoms with van der Waals surface area (Å²) in [4.78, 5) is 6.44. The summed E-state index contributed by atoms with van der Waals surface area (Å²) in [7, 11) is 0. The second kappa shape index (κ2) is 8.04. The molecule has 10 heteroatoms. The van der Waals surface area contributed by atoms with Gasteiger partial charge >= 0.3 is 12.4 Å². The van der Waals surface area contributed by atoms with E-state index in [1.807, 2.05) is 43.0 Å². The van der Waals surface area contributed by atoms with E-state index in [0.29, 0.717) is 29.1 Å². The van der Waals surface area contributed by atoms with Crippen LogP contribution >= 0.6 is 0 Å². The van der Waals surface area contributed by atoms with Crippen molar-refractivity contribution < 1.29 is 35.9 Å². The predicted molar refractivity (Wildman–Crippen MR) is 113 cm³/mol. The molecule has 0 amide bonds. The molecule has 34 heavy (non-hydrogen) atoms. The predicted octanol–water partition coefficient (Wildman–Crippen LogP) is 6.22. The van der Waals surface area contributed by atoms with Gasteiger partial charge in [0.05, 0.1) is 6.54 Å². The number of aliphatic hydroxyl groups is 1. The molecule has 0 spiro atoms. The van der Waals surface area contributed by atoms with Crippen LogP contribution in [0.5, 0.6) is 0 Å². The summed E-state index contributed by atoms with van der Waals surface area (Å²) in [6.45, 7) is 5.75. The minimum Gasteiger partial charge on any atom is -0.441 e. The SMILES string of the molecule is Cc1ccccc1-c1nc(CN2c3ccc(C(O)(C(F)(F)F)C(F)(F)F)cc3CC2C)c(C)o1. The standard InChI is InChI=1S/C24H22F6N2O2/c1-13-6-4-5-7-18(13)21-31-19(15(3)34-21)12-32-14(2)10-16-11-17(8-9-20(16)32)22(33,23(25,26)27)24(28,29)30/h4-9,11,14,33H,10,12H2,1-3H3. The van der Waals surface area contributed by atoms with Crippen LogP contribution in [-0.4, -0.2) is 28.5 Å². The molecule has 4 nitrogen and oxygen atoms in total. The Morgan fingerprint density at radius 2 is 1.68 bits per heavy atom. The topological polar surface area (TPSA) is 49.5 Å². The van der Waals surface area contributed by atoms with Crippen molar-refractivity contribution in [3.8, 4) is 11.5 Å². The van der Waals surface area contributed by atoms with Gasteiger partial charge in [-0.15, -0.1) is 0 Å². The number of rotatable bonds is 4. The van der Waals surface area contributed by atoms with Gasteiger partial charge < -0.3 is 14.4 Å². The highest BCUT2D eigenvalue weighted by atomic mass is 19.4. The maximum absolute atomic E-state index is 13.3. The number of benzene rings is 2. The normalized spacial score (nSPS) is 16.8. The van der Waals surface area contributed by atoms with Crippen LogP contribution in [0.3, 0.4) is 0 Å². The summed E-state index contributed by atoms with van der Waals surface area (Å²) in [5, 5.41) is 9.74. The van der Waals surface area contributed by atoms with Gasteiger partial charge in [0.25, 0.3) is 5.60 Å². The zero-order valence-corrected chi connectivity index (χ0v) is 18.6. The molecule has 1 unspecified atom stereocenters. The number of alkyl halides is 6. The Morgan fingerprint density at radius 1 is 1.03 bits per heavy atom. The number of anilines is 1. The van der Waals surface area contributed by atoms with E-state index in [4.69, 9.17) is 4.42 Å². The van der Waals surface area contributed by atoms with Gasteiger partial charge in [0.1, 0.15) is 11.5 Å². The van der Waals surface area contributed by atoms with E-state index in [1.54, 1.807) is 6.92 Å². The van der Waals surface area contributed by atoms with Gasteiger partial charge in [-0.3, -0.25) is 0 Å². The lowest BCUT2D eigenvalue weighted by molar-refractivity contribution is -0.376. The maximum Gasteiger partial charge on any atom is 0.430 e. The number of hydrogen-bond acceptors (Lipinski definition) is 4. The highest BCUT2D eigenvalue weighted by molar-refractivity contribution is 5.62. The van der Waals surface area contributed by atoms with Crippen LogP contribution in [0.2, 0.25) is 0 Å². The molecular weight excluding hydrogens is 462 g/mol. The summed E-state index contributed by atoms with van der Waals surface area (Å²) in [5.74, 6) is 1.01. The van der Waals surface area contributed by atoms with Crippen LogP contribution in [0.4, 0.5) is 32.0 Å². The summed E-state index contributed by atoms with van der Waals surface area (Å²) in [6.07, 6.45) is -11.6. The third kappa shape index (κ3) is 3.83. The average Bonchev–Trinajstić information content (AvgIpc) is 3.25. The minimum absolute atomic E-state index is 0.215. The quantitative estimate of drug-likeness (QED) is 0.447. The molecule has 1 N–H and O–H groups in total. The molecule has 0 saturated carbocycles. The fraction of sp³-hybridized carbons (Fsp3) is 0.375. The van der Waals surface area contributed by atoms with Gasteiger partial charge in [0.15, 0.2) is 0 Å². The average molecular weight is 484 g/mol. The lowest BCUT2D eigenvalue weighted by Crippen LogP contribution is -2.53. The molecule has 1 atom stereocenters. The first kappa shape index (κ1) is 24.1. The Morgan fingerprint density at radius 3 is 2.29 bits per heavy atom. The van der Waals surface area contributed by atoms with Crippen molar-refractivity contribution in [2.75, 3.05) is 4.90 Å². The summed E-state index contributed by atoms with van der Waals surface area (Å²) in [5.41, 5.74) is -3.00. The molecule has 1 aliphatic rings. The summed E-state index contributed by atoms with van der Waals surface area (Å²) in [6, 6.07) is 10.0. The van der Waals surface area contributed by atoms with E-state index in [2.05, 4.69) is 4.98 Å². The molecule has 1 aliphatic heterocycles. The van der Waals surface area contributed by atoms with Crippen LogP contribution in [0, 0.1) is 13.8 Å². The van der Waals surface area contributed by atoms with Gasteiger partial charge in [-0.2, -0.15) is 26.3 Å². The molecule has 0 radical (unpaired) electrons. The van der Waals surface area contributed by atoms with Crippen molar-refractivity contribution >= 4 is 5.69 Å². The monoisotopic (exact) mass is 484 g/mol. The molecule has 0 saturated heterocycles. The maximum atomic E-state index is 13.3. The Hall–Kier alpha value is -3.01. The summed E-state index contributed by atoms with van der Waals surface area (Å²) >= 11 is 0. The first-order valence-electron chi connectivity index (χ1n) is 10.5. The molecule has 0 bridgehead atoms. The van der Waals surface area contributed by atoms with Crippen molar-refractivity contribution in [3.05, 3.63) is 70.6 Å². The number of oxazole rings is 1. The fourth-order valence-electron chi connectivity index (χ4n) is 4.31. The van der Waals surface area contributed by atoms with E-state index in [0.717, 1.165) is 17.2 Å². The highest BCUT2D eigenvalue weighted by Crippen LogP contribution is 2.51. The number of nitrogens with zero attached hydrogens (tertiary/aromatic N) is 2. The zero-order valence-electron chi connectivity index (χ0n) is 18.6. The molecule has 2 heterocycles. The van der Waals surface area contributed by atoms with Gasteiger partial charge in [-0.25, -0.2) is 4.98 Å². The van der Waals surface area contributed by atoms with Gasteiger partial charge in [-0.1, -0.05) is 30.3 Å². The minimum atomic E-state index is -5.92. The molecule has 2 aromatic carbocycles. The van der Waals surface area contributed by atoms with Gasteiger partial charge in [-0.05, 0) is 50.5 Å². The first-order chi connectivity index (χ1) is 15.7. The van der Waals surface area contributed by atoms with Crippen molar-refractivity contribution in [3.63, 3.8) is 0 Å². The van der Waals surface area contributed by atoms with Crippen LogP contribution in [0.1, 0.15) is 35.1 Å². The molecule has 0 fully saturated rings. The van der Waals surface area contributed by atoms with Gasteiger partial charge in [0.2, 0.25) is 5.89 Å². The molecule has 3 aromatic rings. The lowest BCUT2D eigenvalue weighted by Gasteiger charge is -2.33. The lowest BCUT2D eigenvalue weighted by atomic mass is 9.90. The van der Waals surface area contributed by atoms with E-state index in [1.165, 1.54) is 6.07 Å². The van der Waals surface area contributed by atoms with Crippen LogP contribution in [0.15, 0.2) is 46.9 Å². The highest BCUT2D eigenvalue weighted by Gasteiger charge is 2.71. The number of halogens is 6. The van der Waals surface area contributed by atoms with Crippen LogP contribution < -0.4 is 4.90 Å². The first-order valence-corrected chi connectivity index (χ1v) is 10.5. The Labute approximate surface area is 191 Å². The molecule has 1 aromatic heterocycles. The summed E-state index contributed by atoms with van der Waals surface area (Å²) < 4.78 is 85.6. The van der Waals surface area contributed by atoms with Crippen molar-refractivity contribution in [1.29, 1.82) is 0 Å². The third-order valence-corrected chi connectivity index (χ3v) is 6.26. The Kier molecular flexibility index (Phi) is 5.70. The second-order valence-corrected chi connectivity index (χ2v) is 8.57. The Balaban J connectivity index is 1.67. The van der Waals surface area contributed by atoms with Crippen molar-refractivity contribution in [1.82, 2.24) is 4.98 Å². The largest absolute Gasteiger partial charge is 0.441 e. The van der Waals surface area contributed by atoms with Crippen LogP contribution in [-0.2, 0) is 18.6 Å². The van der Waals surface area contributed by atoms with E-state index >= 15 is 0 Å². The van der Waals surface area contributed by atoms with Crippen molar-refractivity contribution in [2.45, 2.75) is 57.7 Å². The van der Waals surface area contributed by atoms with Crippen LogP contribution in [0.25, 0.3) is 11.5 Å². The Bertz CT molecular complexity index is 1200. The fourth-order valence-corrected chi connectivity index (χ4v) is 4.31. The smallest absolute Gasteiger partial charge is 0.430 e. The molecular formula is C24H22F6N2O2. The molecule has 182 valence electrons. The zero-order chi connectivity index (χ0) is 25.1. The van der Waals surface area contributed by atoms with E-state index < -0.39 is 23.5 Å².